The smallest absolute Gasteiger partial charge is 0.191 e. The summed E-state index contributed by atoms with van der Waals surface area (Å²) in [6, 6.07) is 10.3. The van der Waals surface area contributed by atoms with E-state index in [0.29, 0.717) is 0 Å². The van der Waals surface area contributed by atoms with Gasteiger partial charge in [-0.25, -0.2) is 4.98 Å². The largest absolute Gasteiger partial charge is 0.357 e. The summed E-state index contributed by atoms with van der Waals surface area (Å²) in [4.78, 5) is 16.2. The zero-order valence-electron chi connectivity index (χ0n) is 15.7. The standard InChI is InChI=1S/C20H25N5S2/c1-3-21-20(23-12-9-16-6-4-5-11-22-16)24-13-10-17-7-8-19(27-17)18-14-26-15(2)25-18/h4-8,11,14H,3,9-10,12-13H2,1-2H3,(H2,21,23,24). The van der Waals surface area contributed by atoms with Gasteiger partial charge >= 0.3 is 0 Å². The molecule has 0 atom stereocenters. The van der Waals surface area contributed by atoms with Crippen molar-refractivity contribution in [3.05, 3.63) is 57.5 Å². The highest BCUT2D eigenvalue weighted by Crippen LogP contribution is 2.29. The van der Waals surface area contributed by atoms with Gasteiger partial charge in [-0.3, -0.25) is 9.98 Å². The van der Waals surface area contributed by atoms with Crippen LogP contribution >= 0.6 is 22.7 Å². The number of thiophene rings is 1. The number of guanidine groups is 1. The predicted molar refractivity (Wildman–Crippen MR) is 116 cm³/mol. The molecule has 3 aromatic heterocycles. The Morgan fingerprint density at radius 2 is 2.07 bits per heavy atom. The number of rotatable bonds is 8. The Labute approximate surface area is 168 Å². The van der Waals surface area contributed by atoms with Crippen LogP contribution in [0.15, 0.2) is 46.9 Å². The summed E-state index contributed by atoms with van der Waals surface area (Å²) >= 11 is 3.50. The van der Waals surface area contributed by atoms with Crippen LogP contribution in [0.2, 0.25) is 0 Å². The molecule has 3 heterocycles. The van der Waals surface area contributed by atoms with Gasteiger partial charge < -0.3 is 10.6 Å². The number of pyridine rings is 1. The Bertz CT molecular complexity index is 854. The SMILES string of the molecule is CCNC(=NCCc1ccc(-c2csc(C)n2)s1)NCCc1ccccn1. The van der Waals surface area contributed by atoms with E-state index in [1.807, 2.05) is 31.3 Å². The lowest BCUT2D eigenvalue weighted by atomic mass is 10.3. The molecule has 0 spiro atoms. The topological polar surface area (TPSA) is 62.2 Å². The quantitative estimate of drug-likeness (QED) is 0.445. The maximum atomic E-state index is 4.69. The normalized spacial score (nSPS) is 11.6. The number of aliphatic imine (C=N–C) groups is 1. The maximum absolute atomic E-state index is 4.69. The second-order valence-corrected chi connectivity index (χ2v) is 8.26. The van der Waals surface area contributed by atoms with Gasteiger partial charge in [0.15, 0.2) is 5.96 Å². The van der Waals surface area contributed by atoms with E-state index in [4.69, 9.17) is 4.99 Å². The van der Waals surface area contributed by atoms with E-state index in [2.05, 4.69) is 45.0 Å². The third-order valence-corrected chi connectivity index (χ3v) is 5.85. The molecular weight excluding hydrogens is 374 g/mol. The van der Waals surface area contributed by atoms with Crippen molar-refractivity contribution in [1.82, 2.24) is 20.6 Å². The first-order chi connectivity index (χ1) is 13.2. The Morgan fingerprint density at radius 1 is 1.15 bits per heavy atom. The third kappa shape index (κ3) is 6.15. The summed E-state index contributed by atoms with van der Waals surface area (Å²) in [6.45, 7) is 6.55. The molecule has 0 aliphatic rings. The van der Waals surface area contributed by atoms with E-state index in [9.17, 15) is 0 Å². The van der Waals surface area contributed by atoms with Gasteiger partial charge in [0.25, 0.3) is 0 Å². The van der Waals surface area contributed by atoms with Gasteiger partial charge in [0, 0.05) is 54.6 Å². The van der Waals surface area contributed by atoms with Crippen LogP contribution < -0.4 is 10.6 Å². The van der Waals surface area contributed by atoms with Crippen LogP contribution in [0.3, 0.4) is 0 Å². The van der Waals surface area contributed by atoms with Crippen LogP contribution in [0.1, 0.15) is 22.5 Å². The van der Waals surface area contributed by atoms with Crippen molar-refractivity contribution in [2.24, 2.45) is 4.99 Å². The predicted octanol–water partition coefficient (Wildman–Crippen LogP) is 3.92. The van der Waals surface area contributed by atoms with Crippen LogP contribution in [0.4, 0.5) is 0 Å². The highest BCUT2D eigenvalue weighted by molar-refractivity contribution is 7.16. The molecule has 0 unspecified atom stereocenters. The molecule has 27 heavy (non-hydrogen) atoms. The van der Waals surface area contributed by atoms with Crippen LogP contribution in [-0.2, 0) is 12.8 Å². The van der Waals surface area contributed by atoms with E-state index >= 15 is 0 Å². The summed E-state index contributed by atoms with van der Waals surface area (Å²) < 4.78 is 0. The fourth-order valence-corrected chi connectivity index (χ4v) is 4.25. The van der Waals surface area contributed by atoms with E-state index < -0.39 is 0 Å². The molecular formula is C20H25N5S2. The lowest BCUT2D eigenvalue weighted by molar-refractivity contribution is 0.787. The molecule has 0 aliphatic heterocycles. The Hall–Kier alpha value is -2.25. The first-order valence-electron chi connectivity index (χ1n) is 9.18. The van der Waals surface area contributed by atoms with Crippen LogP contribution in [0.5, 0.6) is 0 Å². The summed E-state index contributed by atoms with van der Waals surface area (Å²) in [7, 11) is 0. The molecule has 3 rings (SSSR count). The Morgan fingerprint density at radius 3 is 2.81 bits per heavy atom. The fraction of sp³-hybridized carbons (Fsp3) is 0.350. The third-order valence-electron chi connectivity index (χ3n) is 3.91. The molecule has 0 amide bonds. The number of hydrogen-bond donors (Lipinski definition) is 2. The van der Waals surface area contributed by atoms with Gasteiger partial charge in [-0.05, 0) is 38.1 Å². The van der Waals surface area contributed by atoms with Crippen molar-refractivity contribution >= 4 is 28.6 Å². The van der Waals surface area contributed by atoms with E-state index in [-0.39, 0.29) is 0 Å². The summed E-state index contributed by atoms with van der Waals surface area (Å²) in [6.07, 6.45) is 3.65. The molecule has 0 saturated heterocycles. The molecule has 0 fully saturated rings. The molecule has 142 valence electrons. The highest BCUT2D eigenvalue weighted by atomic mass is 32.1. The molecule has 7 heteroatoms. The molecule has 0 aromatic carbocycles. The second-order valence-electron chi connectivity index (χ2n) is 6.03. The van der Waals surface area contributed by atoms with Gasteiger partial charge in [0.05, 0.1) is 15.6 Å². The number of nitrogens with zero attached hydrogens (tertiary/aromatic N) is 3. The number of nitrogens with one attached hydrogen (secondary N) is 2. The highest BCUT2D eigenvalue weighted by Gasteiger charge is 2.06. The van der Waals surface area contributed by atoms with Crippen LogP contribution in [0.25, 0.3) is 10.6 Å². The zero-order chi connectivity index (χ0) is 18.9. The average molecular weight is 400 g/mol. The minimum absolute atomic E-state index is 0.759. The Balaban J connectivity index is 1.49. The first kappa shape index (κ1) is 19.5. The first-order valence-corrected chi connectivity index (χ1v) is 10.9. The minimum Gasteiger partial charge on any atom is -0.357 e. The molecule has 2 N–H and O–H groups in total. The van der Waals surface area contributed by atoms with E-state index in [0.717, 1.165) is 54.8 Å². The minimum atomic E-state index is 0.759. The molecule has 0 bridgehead atoms. The number of aromatic nitrogens is 2. The van der Waals surface area contributed by atoms with Crippen molar-refractivity contribution in [3.63, 3.8) is 0 Å². The Kier molecular flexibility index (Phi) is 7.36. The maximum Gasteiger partial charge on any atom is 0.191 e. The summed E-state index contributed by atoms with van der Waals surface area (Å²) in [5.41, 5.74) is 2.17. The van der Waals surface area contributed by atoms with Gasteiger partial charge in [-0.15, -0.1) is 22.7 Å². The number of aryl methyl sites for hydroxylation is 1. The van der Waals surface area contributed by atoms with Crippen LogP contribution in [0, 0.1) is 6.92 Å². The van der Waals surface area contributed by atoms with Gasteiger partial charge in [0.2, 0.25) is 0 Å². The molecule has 0 aliphatic carbocycles. The van der Waals surface area contributed by atoms with Crippen LogP contribution in [-0.4, -0.2) is 35.6 Å². The molecule has 0 radical (unpaired) electrons. The van der Waals surface area contributed by atoms with Gasteiger partial charge in [-0.2, -0.15) is 0 Å². The van der Waals surface area contributed by atoms with E-state index in [1.165, 1.54) is 9.75 Å². The fourth-order valence-electron chi connectivity index (χ4n) is 2.60. The summed E-state index contributed by atoms with van der Waals surface area (Å²) in [5.74, 6) is 0.861. The monoisotopic (exact) mass is 399 g/mol. The lowest BCUT2D eigenvalue weighted by Gasteiger charge is -2.10. The zero-order valence-corrected chi connectivity index (χ0v) is 17.4. The van der Waals surface area contributed by atoms with E-state index in [1.54, 1.807) is 22.7 Å². The second kappa shape index (κ2) is 10.2. The van der Waals surface area contributed by atoms with Crippen molar-refractivity contribution in [2.75, 3.05) is 19.6 Å². The number of hydrogen-bond acceptors (Lipinski definition) is 5. The average Bonchev–Trinajstić information content (AvgIpc) is 3.31. The van der Waals surface area contributed by atoms with Crippen molar-refractivity contribution in [2.45, 2.75) is 26.7 Å². The van der Waals surface area contributed by atoms with Crippen molar-refractivity contribution < 1.29 is 0 Å². The molecule has 3 aromatic rings. The number of thiazole rings is 1. The van der Waals surface area contributed by atoms with Gasteiger partial charge in [-0.1, -0.05) is 6.07 Å². The van der Waals surface area contributed by atoms with Gasteiger partial charge in [0.1, 0.15) is 0 Å². The van der Waals surface area contributed by atoms with Crippen molar-refractivity contribution in [3.8, 4) is 10.6 Å². The van der Waals surface area contributed by atoms with Crippen molar-refractivity contribution in [1.29, 1.82) is 0 Å². The summed E-state index contributed by atoms with van der Waals surface area (Å²) in [5, 5.41) is 9.92. The molecule has 5 nitrogen and oxygen atoms in total. The lowest BCUT2D eigenvalue weighted by Crippen LogP contribution is -2.38. The molecule has 0 saturated carbocycles.